The molecule has 0 N–H and O–H groups in total. The molecule has 2 aromatic rings. The first-order chi connectivity index (χ1) is 9.14. The van der Waals surface area contributed by atoms with E-state index in [2.05, 4.69) is 4.99 Å². The average Bonchev–Trinajstić information content (AvgIpc) is 2.72. The van der Waals surface area contributed by atoms with E-state index in [4.69, 9.17) is 0 Å². The number of carbonyl (C=O) groups is 1. The first-order valence-electron chi connectivity index (χ1n) is 6.39. The molecule has 2 nitrogen and oxygen atoms in total. The van der Waals surface area contributed by atoms with E-state index < -0.39 is 5.41 Å². The van der Waals surface area contributed by atoms with Crippen molar-refractivity contribution < 1.29 is 4.79 Å². The van der Waals surface area contributed by atoms with E-state index in [-0.39, 0.29) is 5.78 Å². The molecule has 1 aliphatic rings. The van der Waals surface area contributed by atoms with Gasteiger partial charge in [0.15, 0.2) is 5.78 Å². The number of ketones is 1. The van der Waals surface area contributed by atoms with E-state index in [0.29, 0.717) is 0 Å². The third-order valence-electron chi connectivity index (χ3n) is 3.94. The minimum Gasteiger partial charge on any atom is -0.293 e. The number of rotatable bonds is 2. The number of fused-ring (bicyclic) bond motifs is 1. The van der Waals surface area contributed by atoms with Crippen molar-refractivity contribution in [1.29, 1.82) is 0 Å². The number of aliphatic imine (C=N–C) groups is 1. The van der Waals surface area contributed by atoms with Gasteiger partial charge in [-0.05, 0) is 25.5 Å². The van der Waals surface area contributed by atoms with Crippen LogP contribution in [-0.2, 0) is 5.41 Å². The molecule has 94 valence electrons. The zero-order chi connectivity index (χ0) is 13.5. The predicted molar refractivity (Wildman–Crippen MR) is 77.3 cm³/mol. The second-order valence-electron chi connectivity index (χ2n) is 5.03. The van der Waals surface area contributed by atoms with Crippen LogP contribution in [0.5, 0.6) is 0 Å². The maximum atomic E-state index is 12.9. The van der Waals surface area contributed by atoms with Gasteiger partial charge in [0.2, 0.25) is 0 Å². The minimum absolute atomic E-state index is 0.110. The van der Waals surface area contributed by atoms with Crippen LogP contribution in [-0.4, -0.2) is 11.5 Å². The quantitative estimate of drug-likeness (QED) is 0.741. The van der Waals surface area contributed by atoms with Crippen molar-refractivity contribution in [3.8, 4) is 0 Å². The Balaban J connectivity index is 2.15. The van der Waals surface area contributed by atoms with Gasteiger partial charge in [0.05, 0.1) is 11.1 Å². The standard InChI is InChI=1S/C17H15NO/c1-12-17(2,14-10-6-7-11-15(14)18-12)16(19)13-8-4-3-5-9-13/h3-11H,1-2H3. The molecule has 3 rings (SSSR count). The Labute approximate surface area is 112 Å². The van der Waals surface area contributed by atoms with Gasteiger partial charge in [-0.25, -0.2) is 0 Å². The maximum absolute atomic E-state index is 12.9. The molecule has 0 spiro atoms. The summed E-state index contributed by atoms with van der Waals surface area (Å²) < 4.78 is 0. The van der Waals surface area contributed by atoms with Crippen molar-refractivity contribution in [3.05, 3.63) is 65.7 Å². The lowest BCUT2D eigenvalue weighted by Gasteiger charge is -2.24. The summed E-state index contributed by atoms with van der Waals surface area (Å²) in [5.74, 6) is 0.110. The molecule has 1 aliphatic heterocycles. The molecule has 1 unspecified atom stereocenters. The van der Waals surface area contributed by atoms with Crippen LogP contribution in [0.2, 0.25) is 0 Å². The summed E-state index contributed by atoms with van der Waals surface area (Å²) in [5, 5.41) is 0. The molecule has 0 radical (unpaired) electrons. The van der Waals surface area contributed by atoms with E-state index in [1.807, 2.05) is 68.4 Å². The van der Waals surface area contributed by atoms with Gasteiger partial charge in [-0.15, -0.1) is 0 Å². The predicted octanol–water partition coefficient (Wildman–Crippen LogP) is 3.93. The molecule has 1 atom stereocenters. The first kappa shape index (κ1) is 11.8. The van der Waals surface area contributed by atoms with E-state index in [9.17, 15) is 4.79 Å². The van der Waals surface area contributed by atoms with Crippen molar-refractivity contribution >= 4 is 17.2 Å². The van der Waals surface area contributed by atoms with Crippen molar-refractivity contribution in [3.63, 3.8) is 0 Å². The van der Waals surface area contributed by atoms with Crippen molar-refractivity contribution in [2.24, 2.45) is 4.99 Å². The molecule has 2 heteroatoms. The van der Waals surface area contributed by atoms with Crippen molar-refractivity contribution in [1.82, 2.24) is 0 Å². The molecule has 0 saturated heterocycles. The Morgan fingerprint density at radius 2 is 1.63 bits per heavy atom. The van der Waals surface area contributed by atoms with Crippen LogP contribution < -0.4 is 0 Å². The monoisotopic (exact) mass is 249 g/mol. The fourth-order valence-electron chi connectivity index (χ4n) is 2.65. The highest BCUT2D eigenvalue weighted by Gasteiger charge is 2.43. The molecule has 19 heavy (non-hydrogen) atoms. The second kappa shape index (κ2) is 4.16. The lowest BCUT2D eigenvalue weighted by atomic mass is 9.74. The zero-order valence-corrected chi connectivity index (χ0v) is 11.1. The van der Waals surface area contributed by atoms with Gasteiger partial charge < -0.3 is 0 Å². The van der Waals surface area contributed by atoms with Crippen molar-refractivity contribution in [2.45, 2.75) is 19.3 Å². The molecule has 2 aromatic carbocycles. The highest BCUT2D eigenvalue weighted by Crippen LogP contribution is 2.41. The molecule has 1 heterocycles. The van der Waals surface area contributed by atoms with E-state index in [0.717, 1.165) is 22.5 Å². The number of para-hydroxylation sites is 1. The third kappa shape index (κ3) is 1.64. The number of hydrogen-bond acceptors (Lipinski definition) is 2. The zero-order valence-electron chi connectivity index (χ0n) is 11.1. The highest BCUT2D eigenvalue weighted by atomic mass is 16.1. The largest absolute Gasteiger partial charge is 0.293 e. The van der Waals surface area contributed by atoms with Crippen LogP contribution in [0.25, 0.3) is 0 Å². The first-order valence-corrected chi connectivity index (χ1v) is 6.39. The number of benzene rings is 2. The number of carbonyl (C=O) groups excluding carboxylic acids is 1. The lowest BCUT2D eigenvalue weighted by Crippen LogP contribution is -2.37. The maximum Gasteiger partial charge on any atom is 0.178 e. The van der Waals surface area contributed by atoms with E-state index >= 15 is 0 Å². The Morgan fingerprint density at radius 1 is 1.00 bits per heavy atom. The SMILES string of the molecule is CC1=Nc2ccccc2C1(C)C(=O)c1ccccc1. The minimum atomic E-state index is -0.641. The number of hydrogen-bond donors (Lipinski definition) is 0. The van der Waals surface area contributed by atoms with Gasteiger partial charge in [0, 0.05) is 11.3 Å². The summed E-state index contributed by atoms with van der Waals surface area (Å²) in [6.07, 6.45) is 0. The summed E-state index contributed by atoms with van der Waals surface area (Å²) in [5.41, 5.74) is 2.87. The molecule has 0 aromatic heterocycles. The van der Waals surface area contributed by atoms with E-state index in [1.165, 1.54) is 0 Å². The van der Waals surface area contributed by atoms with Crippen LogP contribution in [0.4, 0.5) is 5.69 Å². The molecular weight excluding hydrogens is 234 g/mol. The van der Waals surface area contributed by atoms with Crippen LogP contribution >= 0.6 is 0 Å². The Bertz CT molecular complexity index is 673. The topological polar surface area (TPSA) is 29.4 Å². The summed E-state index contributed by atoms with van der Waals surface area (Å²) in [7, 11) is 0. The normalized spacial score (nSPS) is 20.8. The third-order valence-corrected chi connectivity index (χ3v) is 3.94. The Hall–Kier alpha value is -2.22. The average molecular weight is 249 g/mol. The van der Waals surface area contributed by atoms with Gasteiger partial charge in [-0.1, -0.05) is 48.5 Å². The van der Waals surface area contributed by atoms with Gasteiger partial charge in [-0.2, -0.15) is 0 Å². The Kier molecular flexibility index (Phi) is 2.59. The van der Waals surface area contributed by atoms with Crippen LogP contribution in [0.1, 0.15) is 29.8 Å². The summed E-state index contributed by atoms with van der Waals surface area (Å²) in [6, 6.07) is 17.3. The van der Waals surface area contributed by atoms with E-state index in [1.54, 1.807) is 0 Å². The van der Waals surface area contributed by atoms with Crippen LogP contribution in [0, 0.1) is 0 Å². The summed E-state index contributed by atoms with van der Waals surface area (Å²) in [6.45, 7) is 3.90. The van der Waals surface area contributed by atoms with Gasteiger partial charge in [0.25, 0.3) is 0 Å². The van der Waals surface area contributed by atoms with Crippen molar-refractivity contribution in [2.75, 3.05) is 0 Å². The number of Topliss-reactive ketones (excluding diaryl/α,β-unsaturated/α-hetero) is 1. The molecule has 0 bridgehead atoms. The fraction of sp³-hybridized carbons (Fsp3) is 0.176. The van der Waals surface area contributed by atoms with Crippen LogP contribution in [0.15, 0.2) is 59.6 Å². The van der Waals surface area contributed by atoms with Crippen LogP contribution in [0.3, 0.4) is 0 Å². The molecular formula is C17H15NO. The molecule has 0 saturated carbocycles. The fourth-order valence-corrected chi connectivity index (χ4v) is 2.65. The summed E-state index contributed by atoms with van der Waals surface area (Å²) in [4.78, 5) is 17.4. The van der Waals surface area contributed by atoms with Gasteiger partial charge in [0.1, 0.15) is 0 Å². The number of nitrogens with zero attached hydrogens (tertiary/aromatic N) is 1. The highest BCUT2D eigenvalue weighted by molar-refractivity contribution is 6.22. The second-order valence-corrected chi connectivity index (χ2v) is 5.03. The lowest BCUT2D eigenvalue weighted by molar-refractivity contribution is 0.0940. The molecule has 0 amide bonds. The summed E-state index contributed by atoms with van der Waals surface area (Å²) >= 11 is 0. The molecule has 0 aliphatic carbocycles. The Morgan fingerprint density at radius 3 is 2.37 bits per heavy atom. The van der Waals surface area contributed by atoms with Gasteiger partial charge >= 0.3 is 0 Å². The van der Waals surface area contributed by atoms with Gasteiger partial charge in [-0.3, -0.25) is 9.79 Å². The molecule has 0 fully saturated rings. The smallest absolute Gasteiger partial charge is 0.178 e.